The van der Waals surface area contributed by atoms with Crippen LogP contribution in [-0.4, -0.2) is 36.1 Å². The molecule has 0 bridgehead atoms. The number of halogens is 1. The van der Waals surface area contributed by atoms with Gasteiger partial charge in [0.25, 0.3) is 0 Å². The first kappa shape index (κ1) is 10.9. The van der Waals surface area contributed by atoms with Crippen LogP contribution in [0, 0.1) is 0 Å². The minimum absolute atomic E-state index is 0.523. The first-order valence-electron chi connectivity index (χ1n) is 5.31. The zero-order valence-electron chi connectivity index (χ0n) is 8.91. The molecule has 82 valence electrons. The Bertz CT molecular complexity index is 329. The molecule has 15 heavy (non-hydrogen) atoms. The summed E-state index contributed by atoms with van der Waals surface area (Å²) < 4.78 is 1.04. The van der Waals surface area contributed by atoms with Gasteiger partial charge in [0.1, 0.15) is 5.82 Å². The molecular weight excluding hydrogens is 254 g/mol. The van der Waals surface area contributed by atoms with Gasteiger partial charge in [-0.3, -0.25) is 0 Å². The Balaban J connectivity index is 1.99. The molecule has 1 aliphatic rings. The Hall–Kier alpha value is -0.610. The van der Waals surface area contributed by atoms with E-state index in [-0.39, 0.29) is 0 Å². The number of nitrogens with zero attached hydrogens (tertiary/aromatic N) is 2. The van der Waals surface area contributed by atoms with Gasteiger partial charge in [0.05, 0.1) is 4.47 Å². The third-order valence-electron chi connectivity index (χ3n) is 2.72. The fraction of sp³-hybridized carbons (Fsp3) is 0.545. The monoisotopic (exact) mass is 269 g/mol. The lowest BCUT2D eigenvalue weighted by molar-refractivity contribution is 0.260. The third-order valence-corrected chi connectivity index (χ3v) is 3.36. The van der Waals surface area contributed by atoms with Crippen molar-refractivity contribution in [1.82, 2.24) is 9.88 Å². The number of hydrogen-bond acceptors (Lipinski definition) is 3. The van der Waals surface area contributed by atoms with Crippen LogP contribution in [0.2, 0.25) is 0 Å². The van der Waals surface area contributed by atoms with Gasteiger partial charge in [-0.1, -0.05) is 0 Å². The van der Waals surface area contributed by atoms with E-state index in [0.717, 1.165) is 16.8 Å². The maximum absolute atomic E-state index is 4.32. The zero-order valence-corrected chi connectivity index (χ0v) is 10.5. The number of nitrogens with one attached hydrogen (secondary N) is 1. The molecule has 2 rings (SSSR count). The second kappa shape index (κ2) is 4.94. The number of anilines is 1. The van der Waals surface area contributed by atoms with Crippen molar-refractivity contribution in [3.05, 3.63) is 22.8 Å². The highest BCUT2D eigenvalue weighted by Gasteiger charge is 2.17. The van der Waals surface area contributed by atoms with Crippen LogP contribution >= 0.6 is 15.9 Å². The Kier molecular flexibility index (Phi) is 3.59. The molecule has 4 heteroatoms. The molecule has 1 fully saturated rings. The predicted molar refractivity (Wildman–Crippen MR) is 66.1 cm³/mol. The molecule has 1 aliphatic heterocycles. The van der Waals surface area contributed by atoms with Gasteiger partial charge in [0.15, 0.2) is 0 Å². The SMILES string of the molecule is CN1CCCC(Nc2ncccc2Br)C1. The Morgan fingerprint density at radius 1 is 1.60 bits per heavy atom. The second-order valence-electron chi connectivity index (χ2n) is 4.08. The lowest BCUT2D eigenvalue weighted by atomic mass is 10.1. The van der Waals surface area contributed by atoms with Crippen molar-refractivity contribution in [2.24, 2.45) is 0 Å². The van der Waals surface area contributed by atoms with E-state index >= 15 is 0 Å². The maximum Gasteiger partial charge on any atom is 0.140 e. The number of rotatable bonds is 2. The highest BCUT2D eigenvalue weighted by Crippen LogP contribution is 2.21. The van der Waals surface area contributed by atoms with Crippen LogP contribution in [0.4, 0.5) is 5.82 Å². The number of likely N-dealkylation sites (N-methyl/N-ethyl adjacent to an activating group) is 1. The van der Waals surface area contributed by atoms with Gasteiger partial charge < -0.3 is 10.2 Å². The van der Waals surface area contributed by atoms with Crippen LogP contribution in [0.25, 0.3) is 0 Å². The van der Waals surface area contributed by atoms with Gasteiger partial charge in [0, 0.05) is 18.8 Å². The van der Waals surface area contributed by atoms with Gasteiger partial charge >= 0.3 is 0 Å². The van der Waals surface area contributed by atoms with Crippen LogP contribution in [0.5, 0.6) is 0 Å². The zero-order chi connectivity index (χ0) is 10.7. The number of piperidine rings is 1. The molecule has 0 spiro atoms. The van der Waals surface area contributed by atoms with Gasteiger partial charge in [-0.2, -0.15) is 0 Å². The van der Waals surface area contributed by atoms with Crippen LogP contribution < -0.4 is 5.32 Å². The topological polar surface area (TPSA) is 28.2 Å². The summed E-state index contributed by atoms with van der Waals surface area (Å²) in [7, 11) is 2.17. The summed E-state index contributed by atoms with van der Waals surface area (Å²) in [5.74, 6) is 0.956. The average molecular weight is 270 g/mol. The molecule has 0 saturated carbocycles. The van der Waals surface area contributed by atoms with Crippen molar-refractivity contribution in [3.8, 4) is 0 Å². The lowest BCUT2D eigenvalue weighted by Crippen LogP contribution is -2.39. The number of aromatic nitrogens is 1. The minimum atomic E-state index is 0.523. The van der Waals surface area contributed by atoms with Crippen LogP contribution in [-0.2, 0) is 0 Å². The quantitative estimate of drug-likeness (QED) is 0.894. The minimum Gasteiger partial charge on any atom is -0.365 e. The van der Waals surface area contributed by atoms with E-state index in [1.54, 1.807) is 0 Å². The molecule has 0 aliphatic carbocycles. The van der Waals surface area contributed by atoms with E-state index in [4.69, 9.17) is 0 Å². The van der Waals surface area contributed by atoms with Crippen molar-refractivity contribution in [3.63, 3.8) is 0 Å². The summed E-state index contributed by atoms with van der Waals surface area (Å²) in [6.07, 6.45) is 4.31. The van der Waals surface area contributed by atoms with Gasteiger partial charge in [-0.25, -0.2) is 4.98 Å². The molecule has 1 saturated heterocycles. The molecule has 2 heterocycles. The van der Waals surface area contributed by atoms with Gasteiger partial charge in [-0.15, -0.1) is 0 Å². The Morgan fingerprint density at radius 3 is 3.20 bits per heavy atom. The number of likely N-dealkylation sites (tertiary alicyclic amines) is 1. The molecule has 3 nitrogen and oxygen atoms in total. The summed E-state index contributed by atoms with van der Waals surface area (Å²) >= 11 is 3.50. The van der Waals surface area contributed by atoms with Gasteiger partial charge in [-0.05, 0) is 54.5 Å². The fourth-order valence-electron chi connectivity index (χ4n) is 1.97. The average Bonchev–Trinajstić information content (AvgIpc) is 2.22. The fourth-order valence-corrected chi connectivity index (χ4v) is 2.34. The summed E-state index contributed by atoms with van der Waals surface area (Å²) in [6.45, 7) is 2.31. The van der Waals surface area contributed by atoms with Crippen molar-refractivity contribution in [2.75, 3.05) is 25.5 Å². The summed E-state index contributed by atoms with van der Waals surface area (Å²) in [5.41, 5.74) is 0. The van der Waals surface area contributed by atoms with Crippen LogP contribution in [0.15, 0.2) is 22.8 Å². The first-order valence-corrected chi connectivity index (χ1v) is 6.10. The predicted octanol–water partition coefficient (Wildman–Crippen LogP) is 2.35. The number of hydrogen-bond donors (Lipinski definition) is 1. The Morgan fingerprint density at radius 2 is 2.47 bits per heavy atom. The highest BCUT2D eigenvalue weighted by molar-refractivity contribution is 9.10. The summed E-state index contributed by atoms with van der Waals surface area (Å²) in [6, 6.07) is 4.47. The molecule has 0 aromatic carbocycles. The van der Waals surface area contributed by atoms with E-state index in [9.17, 15) is 0 Å². The Labute approximate surface area is 99.0 Å². The van der Waals surface area contributed by atoms with Crippen LogP contribution in [0.3, 0.4) is 0 Å². The van der Waals surface area contributed by atoms with E-state index < -0.39 is 0 Å². The summed E-state index contributed by atoms with van der Waals surface area (Å²) in [4.78, 5) is 6.68. The molecule has 0 amide bonds. The van der Waals surface area contributed by atoms with Crippen molar-refractivity contribution in [1.29, 1.82) is 0 Å². The molecule has 1 unspecified atom stereocenters. The van der Waals surface area contributed by atoms with E-state index in [1.807, 2.05) is 18.3 Å². The lowest BCUT2D eigenvalue weighted by Gasteiger charge is -2.30. The summed E-state index contributed by atoms with van der Waals surface area (Å²) in [5, 5.41) is 3.48. The first-order chi connectivity index (χ1) is 7.25. The van der Waals surface area contributed by atoms with Crippen molar-refractivity contribution < 1.29 is 0 Å². The van der Waals surface area contributed by atoms with E-state index in [0.29, 0.717) is 6.04 Å². The molecule has 1 N–H and O–H groups in total. The smallest absolute Gasteiger partial charge is 0.140 e. The molecule has 1 aromatic heterocycles. The molecule has 1 atom stereocenters. The van der Waals surface area contributed by atoms with Gasteiger partial charge in [0.2, 0.25) is 0 Å². The standard InChI is InChI=1S/C11H16BrN3/c1-15-7-3-4-9(8-15)14-11-10(12)5-2-6-13-11/h2,5-6,9H,3-4,7-8H2,1H3,(H,13,14). The molecule has 1 aromatic rings. The maximum atomic E-state index is 4.32. The second-order valence-corrected chi connectivity index (χ2v) is 4.93. The largest absolute Gasteiger partial charge is 0.365 e. The number of pyridine rings is 1. The molecular formula is C11H16BrN3. The van der Waals surface area contributed by atoms with Crippen molar-refractivity contribution >= 4 is 21.7 Å². The highest BCUT2D eigenvalue weighted by atomic mass is 79.9. The van der Waals surface area contributed by atoms with E-state index in [1.165, 1.54) is 19.4 Å². The third kappa shape index (κ3) is 2.92. The van der Waals surface area contributed by atoms with E-state index in [2.05, 4.69) is 38.2 Å². The van der Waals surface area contributed by atoms with Crippen molar-refractivity contribution in [2.45, 2.75) is 18.9 Å². The normalized spacial score (nSPS) is 22.7. The molecule has 0 radical (unpaired) electrons. The van der Waals surface area contributed by atoms with Crippen LogP contribution in [0.1, 0.15) is 12.8 Å².